The van der Waals surface area contributed by atoms with Crippen molar-refractivity contribution in [3.05, 3.63) is 102 Å². The summed E-state index contributed by atoms with van der Waals surface area (Å²) in [5.41, 5.74) is 3.21. The molecule has 0 fully saturated rings. The highest BCUT2D eigenvalue weighted by Crippen LogP contribution is 2.22. The minimum absolute atomic E-state index is 0.166. The maximum absolute atomic E-state index is 13.2. The largest absolute Gasteiger partial charge is 0.289 e. The third-order valence-electron chi connectivity index (χ3n) is 5.78. The predicted octanol–water partition coefficient (Wildman–Crippen LogP) is 5.28. The molecule has 0 saturated heterocycles. The smallest absolute Gasteiger partial charge is 0.241 e. The lowest BCUT2D eigenvalue weighted by Gasteiger charge is -2.36. The first-order valence-corrected chi connectivity index (χ1v) is 13.1. The molecule has 34 heavy (non-hydrogen) atoms. The maximum atomic E-state index is 13.2. The maximum Gasteiger partial charge on any atom is 0.241 e. The monoisotopic (exact) mass is 475 g/mol. The number of hydrogen-bond acceptors (Lipinski definition) is 4. The highest BCUT2D eigenvalue weighted by atomic mass is 32.2. The van der Waals surface area contributed by atoms with Gasteiger partial charge in [-0.25, -0.2) is 8.42 Å². The van der Waals surface area contributed by atoms with Gasteiger partial charge in [0.1, 0.15) is 6.04 Å². The van der Waals surface area contributed by atoms with Crippen molar-refractivity contribution in [3.8, 4) is 6.07 Å². The Labute approximate surface area is 204 Å². The summed E-state index contributed by atoms with van der Waals surface area (Å²) in [5, 5.41) is 10.1. The van der Waals surface area contributed by atoms with Crippen LogP contribution in [0.1, 0.15) is 37.0 Å². The molecule has 0 spiro atoms. The van der Waals surface area contributed by atoms with Gasteiger partial charge in [0, 0.05) is 19.1 Å². The average molecular weight is 476 g/mol. The molecular formula is C28H33N3O2S. The van der Waals surface area contributed by atoms with Gasteiger partial charge in [-0.05, 0) is 42.5 Å². The number of benzene rings is 3. The van der Waals surface area contributed by atoms with Gasteiger partial charge in [-0.1, -0.05) is 92.2 Å². The van der Waals surface area contributed by atoms with E-state index in [1.807, 2.05) is 43.3 Å². The zero-order chi connectivity index (χ0) is 24.6. The quantitative estimate of drug-likeness (QED) is 0.409. The molecule has 0 unspecified atom stereocenters. The highest BCUT2D eigenvalue weighted by molar-refractivity contribution is 7.89. The van der Waals surface area contributed by atoms with Crippen molar-refractivity contribution in [2.24, 2.45) is 5.92 Å². The van der Waals surface area contributed by atoms with Crippen LogP contribution in [-0.4, -0.2) is 25.4 Å². The van der Waals surface area contributed by atoms with Crippen LogP contribution in [0.4, 0.5) is 0 Å². The van der Waals surface area contributed by atoms with Crippen molar-refractivity contribution in [1.29, 1.82) is 5.26 Å². The average Bonchev–Trinajstić information content (AvgIpc) is 2.82. The molecule has 0 aliphatic rings. The number of sulfonamides is 1. The Morgan fingerprint density at radius 2 is 1.35 bits per heavy atom. The Balaban J connectivity index is 1.95. The summed E-state index contributed by atoms with van der Waals surface area (Å²) in [4.78, 5) is 2.38. The second-order valence-corrected chi connectivity index (χ2v) is 10.8. The lowest BCUT2D eigenvalue weighted by Crippen LogP contribution is -2.51. The van der Waals surface area contributed by atoms with Gasteiger partial charge in [0.05, 0.1) is 11.0 Å². The first-order chi connectivity index (χ1) is 16.3. The zero-order valence-corrected chi connectivity index (χ0v) is 20.9. The molecule has 3 aromatic carbocycles. The minimum Gasteiger partial charge on any atom is -0.289 e. The van der Waals surface area contributed by atoms with Crippen LogP contribution in [0.2, 0.25) is 0 Å². The van der Waals surface area contributed by atoms with E-state index in [9.17, 15) is 13.7 Å². The molecule has 0 radical (unpaired) electrons. The third kappa shape index (κ3) is 7.26. The first-order valence-electron chi connectivity index (χ1n) is 11.6. The number of nitrogens with one attached hydrogen (secondary N) is 1. The fourth-order valence-electron chi connectivity index (χ4n) is 4.05. The van der Waals surface area contributed by atoms with Gasteiger partial charge in [-0.15, -0.1) is 0 Å². The fourth-order valence-corrected chi connectivity index (χ4v) is 5.22. The van der Waals surface area contributed by atoms with E-state index in [1.54, 1.807) is 24.3 Å². The van der Waals surface area contributed by atoms with Gasteiger partial charge in [0.15, 0.2) is 0 Å². The molecule has 3 rings (SSSR count). The Bertz CT molecular complexity index is 1130. The highest BCUT2D eigenvalue weighted by Gasteiger charge is 2.32. The molecule has 0 heterocycles. The number of hydrogen-bond donors (Lipinski definition) is 1. The molecule has 2 atom stereocenters. The molecule has 0 aromatic heterocycles. The van der Waals surface area contributed by atoms with Crippen LogP contribution in [-0.2, 0) is 23.1 Å². The second kappa shape index (κ2) is 11.9. The van der Waals surface area contributed by atoms with E-state index in [-0.39, 0.29) is 16.9 Å². The van der Waals surface area contributed by atoms with E-state index < -0.39 is 16.1 Å². The molecule has 5 nitrogen and oxygen atoms in total. The van der Waals surface area contributed by atoms with E-state index in [2.05, 4.69) is 53.8 Å². The Morgan fingerprint density at radius 3 is 1.79 bits per heavy atom. The van der Waals surface area contributed by atoms with Crippen LogP contribution < -0.4 is 4.72 Å². The first kappa shape index (κ1) is 25.6. The molecule has 0 aliphatic heterocycles. The van der Waals surface area contributed by atoms with Gasteiger partial charge in [-0.3, -0.25) is 4.90 Å². The van der Waals surface area contributed by atoms with Crippen LogP contribution in [0.3, 0.4) is 0 Å². The second-order valence-electron chi connectivity index (χ2n) is 9.11. The van der Waals surface area contributed by atoms with Crippen LogP contribution >= 0.6 is 0 Å². The molecule has 0 saturated carbocycles. The summed E-state index contributed by atoms with van der Waals surface area (Å²) in [6.07, 6.45) is 0.675. The number of aryl methyl sites for hydroxylation is 1. The lowest BCUT2D eigenvalue weighted by atomic mass is 9.95. The fraction of sp³-hybridized carbons (Fsp3) is 0.321. The van der Waals surface area contributed by atoms with Crippen molar-refractivity contribution in [3.63, 3.8) is 0 Å². The molecule has 178 valence electrons. The van der Waals surface area contributed by atoms with E-state index in [4.69, 9.17) is 0 Å². The van der Waals surface area contributed by atoms with E-state index in [0.29, 0.717) is 19.5 Å². The van der Waals surface area contributed by atoms with Crippen LogP contribution in [0.5, 0.6) is 0 Å². The van der Waals surface area contributed by atoms with Gasteiger partial charge in [0.25, 0.3) is 0 Å². The van der Waals surface area contributed by atoms with Crippen LogP contribution in [0, 0.1) is 24.2 Å². The number of rotatable bonds is 11. The summed E-state index contributed by atoms with van der Waals surface area (Å²) in [7, 11) is -3.85. The Hall–Kier alpha value is -2.98. The Kier molecular flexibility index (Phi) is 9.00. The standard InChI is InChI=1S/C28H33N3O2S/c1-22(2)18-28(27(19-29)30-34(32,33)26-16-14-23(3)15-17-26)31(20-24-10-6-4-7-11-24)21-25-12-8-5-9-13-25/h4-17,22,27-28,30H,18,20-21H2,1-3H3/t27-,28-/m0/s1. The summed E-state index contributed by atoms with van der Waals surface area (Å²) < 4.78 is 29.0. The normalized spacial score (nSPS) is 13.5. The van der Waals surface area contributed by atoms with Crippen LogP contribution in [0.25, 0.3) is 0 Å². The molecule has 0 bridgehead atoms. The van der Waals surface area contributed by atoms with Crippen molar-refractivity contribution in [2.45, 2.75) is 57.3 Å². The third-order valence-corrected chi connectivity index (χ3v) is 7.23. The number of nitrogens with zero attached hydrogens (tertiary/aromatic N) is 2. The lowest BCUT2D eigenvalue weighted by molar-refractivity contribution is 0.141. The zero-order valence-electron chi connectivity index (χ0n) is 20.1. The summed E-state index contributed by atoms with van der Waals surface area (Å²) in [6.45, 7) is 7.32. The predicted molar refractivity (Wildman–Crippen MR) is 136 cm³/mol. The van der Waals surface area contributed by atoms with Crippen molar-refractivity contribution >= 4 is 10.0 Å². The molecule has 3 aromatic rings. The minimum atomic E-state index is -3.85. The van der Waals surface area contributed by atoms with Crippen molar-refractivity contribution < 1.29 is 8.42 Å². The van der Waals surface area contributed by atoms with Gasteiger partial charge in [-0.2, -0.15) is 9.98 Å². The molecule has 0 amide bonds. The summed E-state index contributed by atoms with van der Waals surface area (Å²) >= 11 is 0. The van der Waals surface area contributed by atoms with Crippen molar-refractivity contribution in [1.82, 2.24) is 9.62 Å². The Morgan fingerprint density at radius 1 is 0.853 bits per heavy atom. The van der Waals surface area contributed by atoms with Gasteiger partial charge >= 0.3 is 0 Å². The van der Waals surface area contributed by atoms with E-state index >= 15 is 0 Å². The van der Waals surface area contributed by atoms with Crippen LogP contribution in [0.15, 0.2) is 89.8 Å². The molecule has 0 aliphatic carbocycles. The summed E-state index contributed by atoms with van der Waals surface area (Å²) in [5.74, 6) is 0.277. The van der Waals surface area contributed by atoms with Crippen molar-refractivity contribution in [2.75, 3.05) is 0 Å². The van der Waals surface area contributed by atoms with Gasteiger partial charge < -0.3 is 0 Å². The number of nitriles is 1. The molecule has 6 heteroatoms. The molecule has 1 N–H and O–H groups in total. The molecular weight excluding hydrogens is 442 g/mol. The SMILES string of the molecule is Cc1ccc(S(=O)(=O)N[C@@H](C#N)[C@H](CC(C)C)N(Cc2ccccc2)Cc2ccccc2)cc1. The summed E-state index contributed by atoms with van der Waals surface area (Å²) in [6, 6.07) is 27.9. The van der Waals surface area contributed by atoms with E-state index in [0.717, 1.165) is 16.7 Å². The van der Waals surface area contributed by atoms with E-state index in [1.165, 1.54) is 0 Å². The van der Waals surface area contributed by atoms with Gasteiger partial charge in [0.2, 0.25) is 10.0 Å². The topological polar surface area (TPSA) is 73.2 Å².